The Balaban J connectivity index is 2.58. The Labute approximate surface area is 188 Å². The molecule has 0 aliphatic heterocycles. The van der Waals surface area contributed by atoms with Crippen molar-refractivity contribution >= 4 is 17.8 Å². The Hall–Kier alpha value is -3.00. The van der Waals surface area contributed by atoms with Crippen LogP contribution in [0, 0.1) is 17.7 Å². The third-order valence-corrected chi connectivity index (χ3v) is 4.73. The summed E-state index contributed by atoms with van der Waals surface area (Å²) < 4.78 is 18.5. The molecular formula is C24H33FN2O5. The van der Waals surface area contributed by atoms with Crippen LogP contribution in [0.3, 0.4) is 0 Å². The molecule has 1 aromatic rings. The van der Waals surface area contributed by atoms with Crippen molar-refractivity contribution in [1.82, 2.24) is 10.6 Å². The number of aliphatic hydroxyl groups excluding tert-OH is 1. The number of amides is 2. The lowest BCUT2D eigenvalue weighted by Crippen LogP contribution is -2.42. The van der Waals surface area contributed by atoms with E-state index in [0.717, 1.165) is 5.56 Å². The SMILES string of the molecule is C=CC[C@H](CC(=O)NCCO)C(=O)N[C@@H](C)COC(=O)[C@@H](CC=C)Cc1ccc(F)cc1. The molecule has 0 heterocycles. The topological polar surface area (TPSA) is 105 Å². The van der Waals surface area contributed by atoms with E-state index in [1.54, 1.807) is 31.2 Å². The highest BCUT2D eigenvalue weighted by atomic mass is 19.1. The summed E-state index contributed by atoms with van der Waals surface area (Å²) in [5, 5.41) is 14.0. The summed E-state index contributed by atoms with van der Waals surface area (Å²) >= 11 is 0. The first kappa shape index (κ1) is 27.0. The van der Waals surface area contributed by atoms with Gasteiger partial charge in [0.2, 0.25) is 11.8 Å². The summed E-state index contributed by atoms with van der Waals surface area (Å²) in [5.41, 5.74) is 0.809. The number of rotatable bonds is 15. The number of hydrogen-bond donors (Lipinski definition) is 3. The highest BCUT2D eigenvalue weighted by molar-refractivity contribution is 5.86. The van der Waals surface area contributed by atoms with Gasteiger partial charge in [-0.1, -0.05) is 24.3 Å². The van der Waals surface area contributed by atoms with Crippen molar-refractivity contribution in [3.05, 3.63) is 61.0 Å². The van der Waals surface area contributed by atoms with Gasteiger partial charge in [0, 0.05) is 13.0 Å². The summed E-state index contributed by atoms with van der Waals surface area (Å²) in [6, 6.07) is 5.46. The number of nitrogens with one attached hydrogen (secondary N) is 2. The first-order valence-corrected chi connectivity index (χ1v) is 10.6. The number of carbonyl (C=O) groups is 3. The monoisotopic (exact) mass is 448 g/mol. The summed E-state index contributed by atoms with van der Waals surface area (Å²) in [4.78, 5) is 36.9. The quantitative estimate of drug-likeness (QED) is 0.282. The van der Waals surface area contributed by atoms with Gasteiger partial charge in [-0.15, -0.1) is 13.2 Å². The molecule has 0 saturated heterocycles. The van der Waals surface area contributed by atoms with Gasteiger partial charge in [0.1, 0.15) is 12.4 Å². The summed E-state index contributed by atoms with van der Waals surface area (Å²) in [6.07, 6.45) is 4.25. The molecule has 0 saturated carbocycles. The van der Waals surface area contributed by atoms with Crippen LogP contribution in [0.4, 0.5) is 4.39 Å². The van der Waals surface area contributed by atoms with Crippen LogP contribution in [-0.2, 0) is 25.5 Å². The molecule has 0 fully saturated rings. The Morgan fingerprint density at radius 1 is 1.12 bits per heavy atom. The molecule has 3 N–H and O–H groups in total. The molecule has 1 aromatic carbocycles. The third-order valence-electron chi connectivity index (χ3n) is 4.73. The standard InChI is InChI=1S/C24H33FN2O5/c1-4-6-19(15-22(29)26-12-13-28)23(30)27-17(3)16-32-24(31)20(7-5-2)14-18-8-10-21(25)11-9-18/h4-5,8-11,17,19-20,28H,1-2,6-7,12-16H2,3H3,(H,26,29)(H,27,30)/t17-,19+,20-/m0/s1. The van der Waals surface area contributed by atoms with Crippen LogP contribution in [0.25, 0.3) is 0 Å². The van der Waals surface area contributed by atoms with E-state index in [9.17, 15) is 18.8 Å². The fourth-order valence-electron chi connectivity index (χ4n) is 3.07. The van der Waals surface area contributed by atoms with E-state index in [1.807, 2.05) is 0 Å². The lowest BCUT2D eigenvalue weighted by molar-refractivity contribution is -0.149. The molecule has 0 bridgehead atoms. The lowest BCUT2D eigenvalue weighted by atomic mass is 9.96. The van der Waals surface area contributed by atoms with Crippen molar-refractivity contribution in [3.63, 3.8) is 0 Å². The van der Waals surface area contributed by atoms with Crippen LogP contribution in [0.5, 0.6) is 0 Å². The fourth-order valence-corrected chi connectivity index (χ4v) is 3.07. The Morgan fingerprint density at radius 2 is 1.75 bits per heavy atom. The van der Waals surface area contributed by atoms with Gasteiger partial charge in [0.15, 0.2) is 0 Å². The predicted molar refractivity (Wildman–Crippen MR) is 120 cm³/mol. The number of allylic oxidation sites excluding steroid dienone is 2. The van der Waals surface area contributed by atoms with E-state index >= 15 is 0 Å². The second-order valence-electron chi connectivity index (χ2n) is 7.59. The number of aliphatic hydroxyl groups is 1. The van der Waals surface area contributed by atoms with Crippen molar-refractivity contribution in [2.24, 2.45) is 11.8 Å². The number of esters is 1. The van der Waals surface area contributed by atoms with Crippen molar-refractivity contribution in [1.29, 1.82) is 0 Å². The van der Waals surface area contributed by atoms with Gasteiger partial charge in [-0.05, 0) is 43.9 Å². The van der Waals surface area contributed by atoms with Crippen molar-refractivity contribution in [2.45, 2.75) is 38.6 Å². The zero-order valence-electron chi connectivity index (χ0n) is 18.5. The van der Waals surface area contributed by atoms with E-state index in [0.29, 0.717) is 19.3 Å². The zero-order valence-corrected chi connectivity index (χ0v) is 18.5. The molecule has 2 amide bonds. The Bertz CT molecular complexity index is 766. The minimum atomic E-state index is -0.615. The van der Waals surface area contributed by atoms with Gasteiger partial charge in [-0.3, -0.25) is 14.4 Å². The maximum atomic E-state index is 13.1. The Morgan fingerprint density at radius 3 is 2.34 bits per heavy atom. The van der Waals surface area contributed by atoms with Gasteiger partial charge in [-0.25, -0.2) is 4.39 Å². The summed E-state index contributed by atoms with van der Waals surface area (Å²) in [7, 11) is 0. The van der Waals surface area contributed by atoms with Crippen molar-refractivity contribution in [2.75, 3.05) is 19.8 Å². The van der Waals surface area contributed by atoms with Crippen molar-refractivity contribution in [3.8, 4) is 0 Å². The van der Waals surface area contributed by atoms with Crippen LogP contribution >= 0.6 is 0 Å². The molecule has 0 radical (unpaired) electrons. The molecule has 0 aromatic heterocycles. The minimum absolute atomic E-state index is 0.0286. The summed E-state index contributed by atoms with van der Waals surface area (Å²) in [6.45, 7) is 8.90. The highest BCUT2D eigenvalue weighted by Gasteiger charge is 2.24. The maximum absolute atomic E-state index is 13.1. The normalized spacial score (nSPS) is 13.3. The number of halogens is 1. The second-order valence-corrected chi connectivity index (χ2v) is 7.59. The second kappa shape index (κ2) is 14.9. The fraction of sp³-hybridized carbons (Fsp3) is 0.458. The van der Waals surface area contributed by atoms with Crippen LogP contribution < -0.4 is 10.6 Å². The Kier molecular flexibility index (Phi) is 12.6. The van der Waals surface area contributed by atoms with Crippen LogP contribution in [0.1, 0.15) is 31.7 Å². The predicted octanol–water partition coefficient (Wildman–Crippen LogP) is 2.30. The van der Waals surface area contributed by atoms with Crippen LogP contribution in [0.15, 0.2) is 49.6 Å². The zero-order chi connectivity index (χ0) is 23.9. The number of carbonyl (C=O) groups excluding carboxylic acids is 3. The van der Waals surface area contributed by atoms with Gasteiger partial charge < -0.3 is 20.5 Å². The minimum Gasteiger partial charge on any atom is -0.463 e. The molecule has 8 heteroatoms. The summed E-state index contributed by atoms with van der Waals surface area (Å²) in [5.74, 6) is -2.54. The van der Waals surface area contributed by atoms with E-state index in [1.165, 1.54) is 12.1 Å². The average Bonchev–Trinajstić information content (AvgIpc) is 2.76. The van der Waals surface area contributed by atoms with Gasteiger partial charge >= 0.3 is 5.97 Å². The van der Waals surface area contributed by atoms with Crippen LogP contribution in [0.2, 0.25) is 0 Å². The van der Waals surface area contributed by atoms with E-state index < -0.39 is 23.8 Å². The largest absolute Gasteiger partial charge is 0.463 e. The molecule has 0 spiro atoms. The molecule has 7 nitrogen and oxygen atoms in total. The van der Waals surface area contributed by atoms with E-state index in [2.05, 4.69) is 23.8 Å². The van der Waals surface area contributed by atoms with E-state index in [4.69, 9.17) is 9.84 Å². The number of ether oxygens (including phenoxy) is 1. The smallest absolute Gasteiger partial charge is 0.309 e. The molecule has 0 aliphatic rings. The van der Waals surface area contributed by atoms with Gasteiger partial charge in [0.05, 0.1) is 24.5 Å². The van der Waals surface area contributed by atoms with Gasteiger partial charge in [-0.2, -0.15) is 0 Å². The lowest BCUT2D eigenvalue weighted by Gasteiger charge is -2.21. The molecule has 32 heavy (non-hydrogen) atoms. The number of hydrogen-bond acceptors (Lipinski definition) is 5. The van der Waals surface area contributed by atoms with E-state index in [-0.39, 0.29) is 43.8 Å². The molecular weight excluding hydrogens is 415 g/mol. The maximum Gasteiger partial charge on any atom is 0.309 e. The van der Waals surface area contributed by atoms with Crippen molar-refractivity contribution < 1.29 is 28.6 Å². The average molecular weight is 449 g/mol. The molecule has 3 atom stereocenters. The molecule has 176 valence electrons. The first-order valence-electron chi connectivity index (χ1n) is 10.6. The number of benzene rings is 1. The molecule has 1 rings (SSSR count). The third kappa shape index (κ3) is 10.3. The first-order chi connectivity index (χ1) is 15.3. The van der Waals surface area contributed by atoms with Gasteiger partial charge in [0.25, 0.3) is 0 Å². The van der Waals surface area contributed by atoms with Crippen LogP contribution in [-0.4, -0.2) is 48.7 Å². The molecule has 0 unspecified atom stereocenters. The molecule has 0 aliphatic carbocycles. The highest BCUT2D eigenvalue weighted by Crippen LogP contribution is 2.16.